The van der Waals surface area contributed by atoms with Gasteiger partial charge in [-0.3, -0.25) is 9.69 Å². The molecule has 0 unspecified atom stereocenters. The van der Waals surface area contributed by atoms with Crippen molar-refractivity contribution in [1.29, 1.82) is 0 Å². The molecule has 8 heteroatoms. The van der Waals surface area contributed by atoms with Crippen molar-refractivity contribution in [3.05, 3.63) is 59.8 Å². The van der Waals surface area contributed by atoms with Crippen LogP contribution in [0.1, 0.15) is 24.5 Å². The summed E-state index contributed by atoms with van der Waals surface area (Å²) >= 11 is 0. The quantitative estimate of drug-likeness (QED) is 0.828. The first-order chi connectivity index (χ1) is 13.8. The van der Waals surface area contributed by atoms with Crippen LogP contribution < -0.4 is 10.2 Å². The van der Waals surface area contributed by atoms with Gasteiger partial charge in [0.1, 0.15) is 5.82 Å². The van der Waals surface area contributed by atoms with E-state index in [2.05, 4.69) is 15.2 Å². The van der Waals surface area contributed by atoms with Crippen molar-refractivity contribution in [2.75, 3.05) is 31.1 Å². The van der Waals surface area contributed by atoms with E-state index in [0.717, 1.165) is 30.8 Å². The van der Waals surface area contributed by atoms with Crippen LogP contribution >= 0.6 is 0 Å². The van der Waals surface area contributed by atoms with Gasteiger partial charge >= 0.3 is 6.18 Å². The summed E-state index contributed by atoms with van der Waals surface area (Å²) in [6.45, 7) is 5.05. The number of benzene rings is 1. The first kappa shape index (κ1) is 21.1. The molecule has 29 heavy (non-hydrogen) atoms. The van der Waals surface area contributed by atoms with Gasteiger partial charge in [-0.15, -0.1) is 0 Å². The van der Waals surface area contributed by atoms with Crippen LogP contribution in [-0.2, 0) is 17.5 Å². The predicted octanol–water partition coefficient (Wildman–Crippen LogP) is 3.32. The van der Waals surface area contributed by atoms with Crippen LogP contribution in [-0.4, -0.2) is 48.0 Å². The molecule has 1 atom stereocenters. The average Bonchev–Trinajstić information content (AvgIpc) is 2.98. The van der Waals surface area contributed by atoms with E-state index in [9.17, 15) is 18.0 Å². The molecule has 2 heterocycles. The number of carbonyl (C=O) groups is 1. The van der Waals surface area contributed by atoms with Gasteiger partial charge in [0, 0.05) is 38.9 Å². The second-order valence-electron chi connectivity index (χ2n) is 7.16. The molecule has 1 amide bonds. The Hall–Kier alpha value is -2.61. The molecular weight excluding hydrogens is 381 g/mol. The molecule has 0 spiro atoms. The Bertz CT molecular complexity index is 796. The number of halogens is 3. The van der Waals surface area contributed by atoms with Crippen molar-refractivity contribution in [3.8, 4) is 0 Å². The Balaban J connectivity index is 1.54. The van der Waals surface area contributed by atoms with E-state index in [1.54, 1.807) is 0 Å². The third-order valence-corrected chi connectivity index (χ3v) is 5.17. The highest BCUT2D eigenvalue weighted by Crippen LogP contribution is 2.29. The van der Waals surface area contributed by atoms with E-state index in [1.165, 1.54) is 6.07 Å². The number of carbonyl (C=O) groups excluding carboxylic acids is 1. The number of nitrogens with zero attached hydrogens (tertiary/aromatic N) is 3. The third kappa shape index (κ3) is 5.69. The molecule has 1 aliphatic heterocycles. The molecule has 0 saturated carbocycles. The third-order valence-electron chi connectivity index (χ3n) is 5.17. The number of alkyl halides is 3. The van der Waals surface area contributed by atoms with Crippen LogP contribution in [0.3, 0.4) is 0 Å². The van der Waals surface area contributed by atoms with Crippen molar-refractivity contribution in [2.24, 2.45) is 0 Å². The van der Waals surface area contributed by atoms with Gasteiger partial charge < -0.3 is 10.2 Å². The fourth-order valence-corrected chi connectivity index (χ4v) is 3.39. The molecule has 1 fully saturated rings. The second-order valence-corrected chi connectivity index (χ2v) is 7.16. The van der Waals surface area contributed by atoms with Gasteiger partial charge in [0.2, 0.25) is 5.91 Å². The Labute approximate surface area is 168 Å². The molecule has 156 valence electrons. The smallest absolute Gasteiger partial charge is 0.355 e. The number of nitrogens with one attached hydrogen (secondary N) is 1. The highest BCUT2D eigenvalue weighted by atomic mass is 19.4. The minimum Gasteiger partial charge on any atom is -0.355 e. The largest absolute Gasteiger partial charge is 0.417 e. The number of anilines is 1. The summed E-state index contributed by atoms with van der Waals surface area (Å²) in [7, 11) is 0. The minimum atomic E-state index is -4.39. The summed E-state index contributed by atoms with van der Waals surface area (Å²) in [6, 6.07) is 11.9. The number of hydrogen-bond donors (Lipinski definition) is 1. The fraction of sp³-hybridized carbons (Fsp3) is 0.429. The lowest BCUT2D eigenvalue weighted by molar-refractivity contribution is -0.137. The van der Waals surface area contributed by atoms with E-state index in [1.807, 2.05) is 42.2 Å². The lowest BCUT2D eigenvalue weighted by atomic mass is 10.2. The number of pyridine rings is 1. The van der Waals surface area contributed by atoms with Crippen LogP contribution in [0.25, 0.3) is 0 Å². The SMILES string of the molecule is C[C@@H](C(=O)NCc1ccccc1)N1CCCN(c2ccc(C(F)(F)F)cn2)CC1. The van der Waals surface area contributed by atoms with Gasteiger partial charge in [0.15, 0.2) is 0 Å². The first-order valence-electron chi connectivity index (χ1n) is 9.68. The molecule has 5 nitrogen and oxygen atoms in total. The highest BCUT2D eigenvalue weighted by molar-refractivity contribution is 5.81. The number of amides is 1. The van der Waals surface area contributed by atoms with Crippen LogP contribution in [0, 0.1) is 0 Å². The van der Waals surface area contributed by atoms with E-state index >= 15 is 0 Å². The normalized spacial score (nSPS) is 16.9. The molecule has 0 aliphatic carbocycles. The van der Waals surface area contributed by atoms with E-state index in [4.69, 9.17) is 0 Å². The van der Waals surface area contributed by atoms with Gasteiger partial charge in [-0.05, 0) is 31.0 Å². The zero-order valence-electron chi connectivity index (χ0n) is 16.3. The number of aromatic nitrogens is 1. The maximum absolute atomic E-state index is 12.7. The molecule has 3 rings (SSSR count). The molecular formula is C21H25F3N4O. The molecule has 1 saturated heterocycles. The summed E-state index contributed by atoms with van der Waals surface area (Å²) < 4.78 is 38.1. The van der Waals surface area contributed by atoms with E-state index in [0.29, 0.717) is 32.0 Å². The lowest BCUT2D eigenvalue weighted by Crippen LogP contribution is -2.46. The summed E-state index contributed by atoms with van der Waals surface area (Å²) in [5, 5.41) is 2.97. The van der Waals surface area contributed by atoms with Crippen molar-refractivity contribution in [1.82, 2.24) is 15.2 Å². The molecule has 1 N–H and O–H groups in total. The Morgan fingerprint density at radius 1 is 1.10 bits per heavy atom. The van der Waals surface area contributed by atoms with Crippen LogP contribution in [0.2, 0.25) is 0 Å². The molecule has 2 aromatic rings. The van der Waals surface area contributed by atoms with Crippen LogP contribution in [0.5, 0.6) is 0 Å². The summed E-state index contributed by atoms with van der Waals surface area (Å²) in [6.07, 6.45) is -2.71. The maximum Gasteiger partial charge on any atom is 0.417 e. The molecule has 1 aromatic heterocycles. The number of hydrogen-bond acceptors (Lipinski definition) is 4. The van der Waals surface area contributed by atoms with Gasteiger partial charge in [-0.1, -0.05) is 30.3 Å². The lowest BCUT2D eigenvalue weighted by Gasteiger charge is -2.27. The summed E-state index contributed by atoms with van der Waals surface area (Å²) in [4.78, 5) is 20.6. The molecule has 1 aromatic carbocycles. The van der Waals surface area contributed by atoms with Gasteiger partial charge in [-0.25, -0.2) is 4.98 Å². The van der Waals surface area contributed by atoms with Gasteiger partial charge in [0.05, 0.1) is 11.6 Å². The van der Waals surface area contributed by atoms with Gasteiger partial charge in [0.25, 0.3) is 0 Å². The Morgan fingerprint density at radius 3 is 2.52 bits per heavy atom. The topological polar surface area (TPSA) is 48.5 Å². The number of rotatable bonds is 5. The van der Waals surface area contributed by atoms with Crippen molar-refractivity contribution in [2.45, 2.75) is 32.1 Å². The zero-order chi connectivity index (χ0) is 20.9. The Kier molecular flexibility index (Phi) is 6.74. The predicted molar refractivity (Wildman–Crippen MR) is 105 cm³/mol. The summed E-state index contributed by atoms with van der Waals surface area (Å²) in [5.41, 5.74) is 0.296. The summed E-state index contributed by atoms with van der Waals surface area (Å²) in [5.74, 6) is 0.496. The van der Waals surface area contributed by atoms with E-state index < -0.39 is 11.7 Å². The monoisotopic (exact) mass is 406 g/mol. The van der Waals surface area contributed by atoms with Gasteiger partial charge in [-0.2, -0.15) is 13.2 Å². The Morgan fingerprint density at radius 2 is 1.86 bits per heavy atom. The van der Waals surface area contributed by atoms with E-state index in [-0.39, 0.29) is 11.9 Å². The average molecular weight is 406 g/mol. The fourth-order valence-electron chi connectivity index (χ4n) is 3.39. The van der Waals surface area contributed by atoms with Crippen LogP contribution in [0.15, 0.2) is 48.7 Å². The maximum atomic E-state index is 12.7. The molecule has 0 bridgehead atoms. The highest BCUT2D eigenvalue weighted by Gasteiger charge is 2.31. The standard InChI is InChI=1S/C21H25F3N4O/c1-16(20(29)26-14-17-6-3-2-4-7-17)27-10-5-11-28(13-12-27)19-9-8-18(15-25-19)21(22,23)24/h2-4,6-9,15-16H,5,10-14H2,1H3,(H,26,29)/t16-/m0/s1. The zero-order valence-corrected chi connectivity index (χ0v) is 16.3. The van der Waals surface area contributed by atoms with Crippen molar-refractivity contribution < 1.29 is 18.0 Å². The second kappa shape index (κ2) is 9.26. The molecule has 0 radical (unpaired) electrons. The first-order valence-corrected chi connectivity index (χ1v) is 9.68. The van der Waals surface area contributed by atoms with Crippen LogP contribution in [0.4, 0.5) is 19.0 Å². The van der Waals surface area contributed by atoms with Crippen molar-refractivity contribution >= 4 is 11.7 Å². The molecule has 1 aliphatic rings. The minimum absolute atomic E-state index is 0.0324. The van der Waals surface area contributed by atoms with Crippen molar-refractivity contribution in [3.63, 3.8) is 0 Å².